The Kier molecular flexibility index (Phi) is 5.63. The lowest BCUT2D eigenvalue weighted by atomic mass is 9.57. The van der Waals surface area contributed by atoms with Gasteiger partial charge in [-0.05, 0) is 54.4 Å². The van der Waals surface area contributed by atoms with E-state index in [1.54, 1.807) is 0 Å². The van der Waals surface area contributed by atoms with E-state index in [2.05, 4.69) is 27.4 Å². The van der Waals surface area contributed by atoms with Crippen molar-refractivity contribution in [2.45, 2.75) is 77.2 Å². The second kappa shape index (κ2) is 6.82. The Morgan fingerprint density at radius 1 is 1.07 bits per heavy atom. The molecule has 3 unspecified atom stereocenters. The van der Waals surface area contributed by atoms with Crippen molar-refractivity contribution in [3.05, 3.63) is 24.3 Å². The maximum absolute atomic E-state index is 12.8. The molecule has 0 bridgehead atoms. The van der Waals surface area contributed by atoms with Crippen LogP contribution in [0, 0.1) is 22.7 Å². The zero-order valence-electron chi connectivity index (χ0n) is 16.0. The number of allylic oxidation sites excluding steroid dienone is 2. The first-order valence-electron chi connectivity index (χ1n) is 9.34. The molecule has 156 valence electrons. The fraction of sp³-hybridized carbons (Fsp3) is 0.800. The molecule has 1 nitrogen and oxygen atoms in total. The second-order valence-electron chi connectivity index (χ2n) is 8.70. The van der Waals surface area contributed by atoms with E-state index in [1.165, 1.54) is 0 Å². The number of alkyl halides is 6. The predicted molar refractivity (Wildman–Crippen MR) is 91.9 cm³/mol. The summed E-state index contributed by atoms with van der Waals surface area (Å²) in [6, 6.07) is 0. The normalized spacial score (nSPS) is 31.9. The van der Waals surface area contributed by atoms with Crippen LogP contribution in [0.5, 0.6) is 0 Å². The van der Waals surface area contributed by atoms with Gasteiger partial charge in [0, 0.05) is 0 Å². The lowest BCUT2D eigenvalue weighted by molar-refractivity contribution is -0.347. The number of aliphatic hydroxyl groups is 1. The minimum atomic E-state index is -5.82. The smallest absolute Gasteiger partial charge is 0.370 e. The van der Waals surface area contributed by atoms with Crippen LogP contribution in [-0.2, 0) is 0 Å². The third-order valence-corrected chi connectivity index (χ3v) is 7.13. The van der Waals surface area contributed by atoms with E-state index >= 15 is 0 Å². The van der Waals surface area contributed by atoms with Crippen molar-refractivity contribution in [1.29, 1.82) is 0 Å². The SMILES string of the molecule is C=C(C1(C/C=C/C(O)(C(F)(F)F)C(F)(F)F)CC1)C1(C)CCCC(C)C1C. The van der Waals surface area contributed by atoms with E-state index in [-0.39, 0.29) is 17.9 Å². The molecule has 2 rings (SSSR count). The second-order valence-corrected chi connectivity index (χ2v) is 8.70. The molecule has 2 aliphatic carbocycles. The van der Waals surface area contributed by atoms with E-state index < -0.39 is 23.4 Å². The van der Waals surface area contributed by atoms with E-state index in [9.17, 15) is 31.4 Å². The Hall–Kier alpha value is -0.980. The highest BCUT2D eigenvalue weighted by Crippen LogP contribution is 2.63. The molecule has 0 aromatic carbocycles. The van der Waals surface area contributed by atoms with Gasteiger partial charge < -0.3 is 5.11 Å². The summed E-state index contributed by atoms with van der Waals surface area (Å²) in [6.07, 6.45) is -6.46. The summed E-state index contributed by atoms with van der Waals surface area (Å²) < 4.78 is 76.8. The van der Waals surface area contributed by atoms with Crippen molar-refractivity contribution in [2.75, 3.05) is 0 Å². The quantitative estimate of drug-likeness (QED) is 0.409. The van der Waals surface area contributed by atoms with Gasteiger partial charge in [-0.15, -0.1) is 0 Å². The molecule has 0 aromatic rings. The molecule has 7 heteroatoms. The van der Waals surface area contributed by atoms with E-state index in [1.807, 2.05) is 0 Å². The van der Waals surface area contributed by atoms with E-state index in [0.29, 0.717) is 24.7 Å². The fourth-order valence-electron chi connectivity index (χ4n) is 4.51. The van der Waals surface area contributed by atoms with Crippen LogP contribution < -0.4 is 0 Å². The van der Waals surface area contributed by atoms with Gasteiger partial charge in [0.25, 0.3) is 5.60 Å². The Balaban J connectivity index is 2.20. The lowest BCUT2D eigenvalue weighted by Gasteiger charge is -2.47. The minimum Gasteiger partial charge on any atom is -0.370 e. The fourth-order valence-corrected chi connectivity index (χ4v) is 4.51. The monoisotopic (exact) mass is 398 g/mol. The van der Waals surface area contributed by atoms with Gasteiger partial charge in [-0.25, -0.2) is 0 Å². The van der Waals surface area contributed by atoms with Crippen molar-refractivity contribution in [1.82, 2.24) is 0 Å². The van der Waals surface area contributed by atoms with Crippen molar-refractivity contribution >= 4 is 0 Å². The summed E-state index contributed by atoms with van der Waals surface area (Å²) in [5.74, 6) is 0.842. The van der Waals surface area contributed by atoms with Gasteiger partial charge >= 0.3 is 12.4 Å². The summed E-state index contributed by atoms with van der Waals surface area (Å²) in [7, 11) is 0. The summed E-state index contributed by atoms with van der Waals surface area (Å²) in [5, 5.41) is 9.26. The average molecular weight is 398 g/mol. The third kappa shape index (κ3) is 3.81. The largest absolute Gasteiger partial charge is 0.429 e. The zero-order valence-corrected chi connectivity index (χ0v) is 16.0. The molecule has 2 fully saturated rings. The van der Waals surface area contributed by atoms with Crippen LogP contribution in [-0.4, -0.2) is 23.1 Å². The first kappa shape index (κ1) is 22.3. The standard InChI is InChI=1S/C20H28F6O/c1-13-7-5-8-16(4,14(13)2)15(3)17(11-12-17)9-6-10-18(27,19(21,22)23)20(24,25)26/h6,10,13-14,27H,3,5,7-9,11-12H2,1-2,4H3/b10-6+. The third-order valence-electron chi connectivity index (χ3n) is 7.13. The Morgan fingerprint density at radius 2 is 1.59 bits per heavy atom. The first-order chi connectivity index (χ1) is 12.1. The number of hydrogen-bond acceptors (Lipinski definition) is 1. The molecule has 0 amide bonds. The highest BCUT2D eigenvalue weighted by molar-refractivity contribution is 5.29. The predicted octanol–water partition coefficient (Wildman–Crippen LogP) is 6.59. The summed E-state index contributed by atoms with van der Waals surface area (Å²) in [5.41, 5.74) is -4.53. The minimum absolute atomic E-state index is 0.0248. The maximum Gasteiger partial charge on any atom is 0.429 e. The molecule has 3 atom stereocenters. The molecule has 0 aliphatic heterocycles. The molecule has 0 saturated heterocycles. The number of rotatable bonds is 5. The van der Waals surface area contributed by atoms with Gasteiger partial charge in [0.05, 0.1) is 0 Å². The maximum atomic E-state index is 12.8. The molecular formula is C20H28F6O. The van der Waals surface area contributed by atoms with Crippen molar-refractivity contribution in [3.63, 3.8) is 0 Å². The Morgan fingerprint density at radius 3 is 2.04 bits per heavy atom. The van der Waals surface area contributed by atoms with Gasteiger partial charge in [0.15, 0.2) is 0 Å². The van der Waals surface area contributed by atoms with Gasteiger partial charge in [0.2, 0.25) is 0 Å². The number of halogens is 6. The molecule has 27 heavy (non-hydrogen) atoms. The van der Waals surface area contributed by atoms with Crippen LogP contribution in [0.2, 0.25) is 0 Å². The van der Waals surface area contributed by atoms with Crippen LogP contribution in [0.3, 0.4) is 0 Å². The van der Waals surface area contributed by atoms with Crippen LogP contribution in [0.15, 0.2) is 24.3 Å². The molecular weight excluding hydrogens is 370 g/mol. The molecule has 0 radical (unpaired) electrons. The Bertz CT molecular complexity index is 585. The molecule has 0 heterocycles. The van der Waals surface area contributed by atoms with Crippen LogP contribution in [0.25, 0.3) is 0 Å². The van der Waals surface area contributed by atoms with Crippen LogP contribution in [0.4, 0.5) is 26.3 Å². The van der Waals surface area contributed by atoms with Gasteiger partial charge in [0.1, 0.15) is 0 Å². The van der Waals surface area contributed by atoms with Gasteiger partial charge in [-0.1, -0.05) is 51.8 Å². The average Bonchev–Trinajstić information content (AvgIpc) is 3.30. The van der Waals surface area contributed by atoms with Crippen molar-refractivity contribution in [3.8, 4) is 0 Å². The van der Waals surface area contributed by atoms with Crippen molar-refractivity contribution in [2.24, 2.45) is 22.7 Å². The topological polar surface area (TPSA) is 20.2 Å². The van der Waals surface area contributed by atoms with E-state index in [4.69, 9.17) is 0 Å². The molecule has 1 N–H and O–H groups in total. The lowest BCUT2D eigenvalue weighted by Crippen LogP contribution is -2.55. The number of hydrogen-bond donors (Lipinski definition) is 1. The van der Waals surface area contributed by atoms with Crippen LogP contribution in [0.1, 0.15) is 59.3 Å². The molecule has 2 aliphatic rings. The molecule has 2 saturated carbocycles. The Labute approximate surface area is 156 Å². The van der Waals surface area contributed by atoms with Gasteiger partial charge in [-0.2, -0.15) is 26.3 Å². The molecule has 0 spiro atoms. The zero-order chi connectivity index (χ0) is 20.9. The summed E-state index contributed by atoms with van der Waals surface area (Å²) >= 11 is 0. The van der Waals surface area contributed by atoms with Gasteiger partial charge in [-0.3, -0.25) is 0 Å². The van der Waals surface area contributed by atoms with Crippen LogP contribution >= 0.6 is 0 Å². The first-order valence-corrected chi connectivity index (χ1v) is 9.34. The highest BCUT2D eigenvalue weighted by Gasteiger charge is 2.69. The van der Waals surface area contributed by atoms with Crippen molar-refractivity contribution < 1.29 is 31.4 Å². The summed E-state index contributed by atoms with van der Waals surface area (Å²) in [6.45, 7) is 10.7. The van der Waals surface area contributed by atoms with E-state index in [0.717, 1.165) is 30.9 Å². The summed E-state index contributed by atoms with van der Waals surface area (Å²) in [4.78, 5) is 0. The molecule has 0 aromatic heterocycles. The highest BCUT2D eigenvalue weighted by atomic mass is 19.4.